The Morgan fingerprint density at radius 2 is 1.60 bits per heavy atom. The van der Waals surface area contributed by atoms with Crippen LogP contribution >= 0.6 is 0 Å². The number of aryl methyl sites for hydroxylation is 1. The van der Waals surface area contributed by atoms with Crippen molar-refractivity contribution in [1.82, 2.24) is 44.7 Å². The van der Waals surface area contributed by atoms with Gasteiger partial charge in [-0.2, -0.15) is 14.8 Å². The van der Waals surface area contributed by atoms with E-state index in [0.29, 0.717) is 42.4 Å². The Balaban J connectivity index is 1.26. The van der Waals surface area contributed by atoms with Crippen molar-refractivity contribution >= 4 is 35.9 Å². The predicted molar refractivity (Wildman–Crippen MR) is 179 cm³/mol. The van der Waals surface area contributed by atoms with Crippen LogP contribution in [0.3, 0.4) is 0 Å². The van der Waals surface area contributed by atoms with Crippen molar-refractivity contribution in [2.45, 2.75) is 36.9 Å². The molecule has 1 saturated heterocycles. The number of nitrogens with one attached hydrogen (secondary N) is 2. The van der Waals surface area contributed by atoms with Gasteiger partial charge in [0, 0.05) is 37.3 Å². The van der Waals surface area contributed by atoms with E-state index in [4.69, 9.17) is 24.2 Å². The Hall–Kier alpha value is -6.29. The first kappa shape index (κ1) is 32.3. The molecule has 6 aromatic rings. The van der Waals surface area contributed by atoms with Crippen molar-refractivity contribution in [3.63, 3.8) is 0 Å². The number of aromatic nitrogens is 9. The van der Waals surface area contributed by atoms with E-state index in [-0.39, 0.29) is 24.7 Å². The Kier molecular flexibility index (Phi) is 9.59. The van der Waals surface area contributed by atoms with E-state index in [0.717, 1.165) is 16.8 Å². The summed E-state index contributed by atoms with van der Waals surface area (Å²) in [6.45, 7) is 1.52. The number of tetrazole rings is 1. The zero-order valence-corrected chi connectivity index (χ0v) is 26.9. The van der Waals surface area contributed by atoms with Crippen LogP contribution in [0.1, 0.15) is 40.9 Å². The van der Waals surface area contributed by atoms with Crippen LogP contribution in [0.5, 0.6) is 0 Å². The highest BCUT2D eigenvalue weighted by atomic mass is 16.6. The number of imidazole rings is 1. The van der Waals surface area contributed by atoms with E-state index in [1.165, 1.54) is 11.1 Å². The SMILES string of the molecule is Cn1nnc([C@H]2O[C@@H](n3cnc4c(NCC(c5ccccc5)c5ccccc5)nc(NCCc5ccccn5)nc43)[C@H](OC=O)[C@H]2OC=O)n1. The molecule has 1 fully saturated rings. The second-order valence-electron chi connectivity index (χ2n) is 11.5. The normalized spacial score (nSPS) is 18.6. The Morgan fingerprint density at radius 1 is 0.880 bits per heavy atom. The van der Waals surface area contributed by atoms with E-state index in [1.54, 1.807) is 17.8 Å². The van der Waals surface area contributed by atoms with Crippen molar-refractivity contribution in [1.29, 1.82) is 0 Å². The van der Waals surface area contributed by atoms with Gasteiger partial charge in [0.1, 0.15) is 0 Å². The number of carbonyl (C=O) groups is 2. The molecule has 16 nitrogen and oxygen atoms in total. The van der Waals surface area contributed by atoms with Gasteiger partial charge in [-0.05, 0) is 28.5 Å². The topological polar surface area (TPSA) is 186 Å². The summed E-state index contributed by atoms with van der Waals surface area (Å²) in [7, 11) is 1.59. The number of pyridine rings is 1. The quantitative estimate of drug-likeness (QED) is 0.151. The molecule has 0 unspecified atom stereocenters. The molecule has 0 radical (unpaired) electrons. The summed E-state index contributed by atoms with van der Waals surface area (Å²) < 4.78 is 18.8. The lowest BCUT2D eigenvalue weighted by Gasteiger charge is -2.21. The van der Waals surface area contributed by atoms with Gasteiger partial charge in [0.2, 0.25) is 11.8 Å². The fourth-order valence-corrected chi connectivity index (χ4v) is 6.06. The van der Waals surface area contributed by atoms with Crippen molar-refractivity contribution < 1.29 is 23.8 Å². The average molecular weight is 676 g/mol. The summed E-state index contributed by atoms with van der Waals surface area (Å²) in [5, 5.41) is 19.0. The summed E-state index contributed by atoms with van der Waals surface area (Å²) in [5.41, 5.74) is 4.00. The Labute approximate surface area is 285 Å². The highest BCUT2D eigenvalue weighted by Gasteiger charge is 2.52. The van der Waals surface area contributed by atoms with Gasteiger partial charge in [0.15, 0.2) is 41.5 Å². The molecule has 0 amide bonds. The number of rotatable bonds is 15. The maximum Gasteiger partial charge on any atom is 0.293 e. The lowest BCUT2D eigenvalue weighted by Crippen LogP contribution is -2.34. The summed E-state index contributed by atoms with van der Waals surface area (Å²) in [5.74, 6) is 0.944. The lowest BCUT2D eigenvalue weighted by molar-refractivity contribution is -0.151. The first-order valence-corrected chi connectivity index (χ1v) is 15.9. The summed E-state index contributed by atoms with van der Waals surface area (Å²) in [6.07, 6.45) is -0.326. The molecule has 254 valence electrons. The minimum Gasteiger partial charge on any atom is -0.457 e. The molecule has 5 heterocycles. The lowest BCUT2D eigenvalue weighted by atomic mass is 9.91. The molecule has 1 aliphatic heterocycles. The summed E-state index contributed by atoms with van der Waals surface area (Å²) in [6, 6.07) is 26.2. The molecule has 0 spiro atoms. The molecule has 2 N–H and O–H groups in total. The number of carbonyl (C=O) groups excluding carboxylic acids is 2. The van der Waals surface area contributed by atoms with Crippen LogP contribution in [0.4, 0.5) is 11.8 Å². The van der Waals surface area contributed by atoms with E-state index in [1.807, 2.05) is 54.6 Å². The minimum atomic E-state index is -1.10. The first-order chi connectivity index (χ1) is 24.6. The molecule has 7 rings (SSSR count). The predicted octanol–water partition coefficient (Wildman–Crippen LogP) is 3.00. The summed E-state index contributed by atoms with van der Waals surface area (Å²) in [4.78, 5) is 43.3. The number of ether oxygens (including phenoxy) is 3. The van der Waals surface area contributed by atoms with E-state index in [2.05, 4.69) is 60.3 Å². The van der Waals surface area contributed by atoms with Crippen LogP contribution in [-0.4, -0.2) is 83.0 Å². The number of nitrogens with zero attached hydrogens (tertiary/aromatic N) is 9. The number of benzene rings is 2. The van der Waals surface area contributed by atoms with Crippen LogP contribution in [0, 0.1) is 0 Å². The third kappa shape index (κ3) is 6.82. The fraction of sp³-hybridized carbons (Fsp3) is 0.265. The van der Waals surface area contributed by atoms with E-state index < -0.39 is 24.5 Å². The maximum atomic E-state index is 11.7. The zero-order chi connectivity index (χ0) is 34.3. The van der Waals surface area contributed by atoms with Crippen LogP contribution in [-0.2, 0) is 37.3 Å². The van der Waals surface area contributed by atoms with Crippen molar-refractivity contribution in [2.75, 3.05) is 23.7 Å². The van der Waals surface area contributed by atoms with Gasteiger partial charge >= 0.3 is 0 Å². The van der Waals surface area contributed by atoms with Gasteiger partial charge < -0.3 is 24.8 Å². The molecule has 0 aliphatic carbocycles. The van der Waals surface area contributed by atoms with Crippen LogP contribution in [0.25, 0.3) is 11.2 Å². The third-order valence-corrected chi connectivity index (χ3v) is 8.36. The Bertz CT molecular complexity index is 1990. The molecule has 0 bridgehead atoms. The van der Waals surface area contributed by atoms with Crippen molar-refractivity contribution in [2.24, 2.45) is 7.05 Å². The van der Waals surface area contributed by atoms with Gasteiger partial charge in [-0.1, -0.05) is 66.7 Å². The molecule has 4 aromatic heterocycles. The molecule has 1 aliphatic rings. The minimum absolute atomic E-state index is 0.00455. The highest BCUT2D eigenvalue weighted by Crippen LogP contribution is 2.42. The van der Waals surface area contributed by atoms with Gasteiger partial charge in [-0.15, -0.1) is 10.2 Å². The van der Waals surface area contributed by atoms with E-state index >= 15 is 0 Å². The van der Waals surface area contributed by atoms with Gasteiger partial charge in [0.25, 0.3) is 12.9 Å². The molecule has 16 heteroatoms. The van der Waals surface area contributed by atoms with Crippen molar-refractivity contribution in [3.05, 3.63) is 114 Å². The van der Waals surface area contributed by atoms with Crippen LogP contribution < -0.4 is 10.6 Å². The monoisotopic (exact) mass is 675 g/mol. The number of hydrogen-bond donors (Lipinski definition) is 2. The van der Waals surface area contributed by atoms with Gasteiger partial charge in [0.05, 0.1) is 13.4 Å². The highest BCUT2D eigenvalue weighted by molar-refractivity contribution is 5.84. The molecule has 2 aromatic carbocycles. The molecule has 0 saturated carbocycles. The largest absolute Gasteiger partial charge is 0.457 e. The van der Waals surface area contributed by atoms with Gasteiger partial charge in [-0.3, -0.25) is 19.1 Å². The number of anilines is 2. The van der Waals surface area contributed by atoms with Crippen molar-refractivity contribution in [3.8, 4) is 0 Å². The molecule has 50 heavy (non-hydrogen) atoms. The standard InChI is InChI=1S/C34H33N11O5/c1-44-42-31(41-43-44)28-27(48-20-46)29(49-21-47)33(50-28)45-19-38-26-30(39-34(40-32(26)45)36-17-15-24-14-8-9-16-35-24)37-18-25(22-10-4-2-5-11-22)23-12-6-3-7-13-23/h2-14,16,19-21,25,27-29,33H,15,17-18H2,1H3,(H2,36,37,39,40)/t27-,28-,29+,33+/m0/s1. The number of hydrogen-bond acceptors (Lipinski definition) is 14. The Morgan fingerprint density at radius 3 is 2.26 bits per heavy atom. The maximum absolute atomic E-state index is 11.7. The van der Waals surface area contributed by atoms with Crippen LogP contribution in [0.15, 0.2) is 91.4 Å². The van der Waals surface area contributed by atoms with E-state index in [9.17, 15) is 9.59 Å². The smallest absolute Gasteiger partial charge is 0.293 e. The fourth-order valence-electron chi connectivity index (χ4n) is 6.06. The number of fused-ring (bicyclic) bond motifs is 1. The summed E-state index contributed by atoms with van der Waals surface area (Å²) >= 11 is 0. The zero-order valence-electron chi connectivity index (χ0n) is 26.9. The average Bonchev–Trinajstić information content (AvgIpc) is 3.87. The first-order valence-electron chi connectivity index (χ1n) is 15.9. The molecule has 4 atom stereocenters. The second-order valence-corrected chi connectivity index (χ2v) is 11.5. The molecular weight excluding hydrogens is 642 g/mol. The third-order valence-electron chi connectivity index (χ3n) is 8.36. The van der Waals surface area contributed by atoms with Crippen LogP contribution in [0.2, 0.25) is 0 Å². The molecular formula is C34H33N11O5. The second kappa shape index (κ2) is 14.9. The van der Waals surface area contributed by atoms with Gasteiger partial charge in [-0.25, -0.2) is 4.98 Å².